The van der Waals surface area contributed by atoms with Gasteiger partial charge in [-0.15, -0.1) is 0 Å². The summed E-state index contributed by atoms with van der Waals surface area (Å²) in [5.41, 5.74) is 15.5. The Bertz CT molecular complexity index is 2250. The second kappa shape index (κ2) is 14.1. The van der Waals surface area contributed by atoms with Gasteiger partial charge in [0.25, 0.3) is 0 Å². The fourth-order valence-electron chi connectivity index (χ4n) is 11.6. The number of halogens is 2. The summed E-state index contributed by atoms with van der Waals surface area (Å²) < 4.78 is 3.20. The molecule has 3 aliphatic carbocycles. The van der Waals surface area contributed by atoms with Crippen molar-refractivity contribution in [3.8, 4) is 22.3 Å². The van der Waals surface area contributed by atoms with E-state index < -0.39 is 20.3 Å². The zero-order valence-corrected chi connectivity index (χ0v) is 35.2. The van der Waals surface area contributed by atoms with Crippen molar-refractivity contribution in [2.24, 2.45) is 11.8 Å². The van der Waals surface area contributed by atoms with Gasteiger partial charge in [-0.2, -0.15) is 0 Å². The van der Waals surface area contributed by atoms with E-state index in [0.29, 0.717) is 19.1 Å². The van der Waals surface area contributed by atoms with Crippen LogP contribution in [0.4, 0.5) is 0 Å². The van der Waals surface area contributed by atoms with Crippen molar-refractivity contribution in [2.75, 3.05) is 0 Å². The first-order valence-electron chi connectivity index (χ1n) is 19.6. The average molecular weight is 811 g/mol. The van der Waals surface area contributed by atoms with Crippen molar-refractivity contribution in [3.63, 3.8) is 0 Å². The van der Waals surface area contributed by atoms with Gasteiger partial charge in [0.15, 0.2) is 0 Å². The van der Waals surface area contributed by atoms with Crippen LogP contribution in [0, 0.1) is 11.8 Å². The molecule has 0 aromatic heterocycles. The van der Waals surface area contributed by atoms with E-state index in [4.69, 9.17) is 0 Å². The van der Waals surface area contributed by atoms with E-state index in [1.807, 2.05) is 0 Å². The number of fused-ring (bicyclic) bond motifs is 5. The molecule has 53 heavy (non-hydrogen) atoms. The molecule has 10 rings (SSSR count). The normalized spacial score (nSPS) is 22.7. The van der Waals surface area contributed by atoms with Crippen LogP contribution < -0.4 is 24.8 Å². The molecular formula is C50H48Cl2Zr. The van der Waals surface area contributed by atoms with Crippen molar-refractivity contribution in [1.29, 1.82) is 0 Å². The Morgan fingerprint density at radius 1 is 0.453 bits per heavy atom. The Morgan fingerprint density at radius 3 is 1.26 bits per heavy atom. The summed E-state index contributed by atoms with van der Waals surface area (Å²) in [6.45, 7) is 9.98. The molecule has 0 bridgehead atoms. The van der Waals surface area contributed by atoms with Crippen molar-refractivity contribution in [3.05, 3.63) is 155 Å². The fraction of sp³-hybridized carbons (Fsp3) is 0.280. The second-order valence-electron chi connectivity index (χ2n) is 16.6. The third-order valence-corrected chi connectivity index (χ3v) is 30.5. The van der Waals surface area contributed by atoms with Gasteiger partial charge in [-0.3, -0.25) is 0 Å². The smallest absolute Gasteiger partial charge is 1.00 e. The van der Waals surface area contributed by atoms with Gasteiger partial charge in [0.05, 0.1) is 0 Å². The minimum absolute atomic E-state index is 0. The zero-order chi connectivity index (χ0) is 34.4. The van der Waals surface area contributed by atoms with Crippen LogP contribution >= 0.6 is 0 Å². The van der Waals surface area contributed by atoms with Crippen LogP contribution in [0.3, 0.4) is 0 Å². The Labute approximate surface area is 333 Å². The standard InChI is InChI=1S/2C22H19.C6H10.2ClH.Zr/c2*1-15(2)18-13-17-9-6-12-21(22(17)14-18)20-11-5-8-16-7-3-4-10-19(16)20;1-2-4-6-5-3-1;;;/h2*3-15H,1-2H3;1-2H,3-6H2;2*1H;/q;;;;;+2/p-2. The molecule has 2 fully saturated rings. The van der Waals surface area contributed by atoms with Crippen molar-refractivity contribution >= 4 is 33.7 Å². The Kier molecular flexibility index (Phi) is 9.80. The van der Waals surface area contributed by atoms with E-state index in [2.05, 4.69) is 161 Å². The van der Waals surface area contributed by atoms with Crippen molar-refractivity contribution in [2.45, 2.75) is 67.9 Å². The minimum atomic E-state index is -3.17. The summed E-state index contributed by atoms with van der Waals surface area (Å²) in [4.78, 5) is 0. The summed E-state index contributed by atoms with van der Waals surface area (Å²) in [6, 6.07) is 46.5. The number of benzene rings is 6. The Hall–Kier alpha value is -3.22. The van der Waals surface area contributed by atoms with Crippen LogP contribution in [0.2, 0.25) is 7.25 Å². The van der Waals surface area contributed by atoms with Crippen LogP contribution in [0.5, 0.6) is 0 Å². The molecule has 4 atom stereocenters. The van der Waals surface area contributed by atoms with E-state index in [-0.39, 0.29) is 24.8 Å². The average Bonchev–Trinajstić information content (AvgIpc) is 3.42. The number of hydrogen-bond acceptors (Lipinski definition) is 0. The predicted molar refractivity (Wildman–Crippen MR) is 216 cm³/mol. The van der Waals surface area contributed by atoms with Crippen LogP contribution in [-0.2, 0) is 20.3 Å². The quantitative estimate of drug-likeness (QED) is 0.158. The van der Waals surface area contributed by atoms with Crippen LogP contribution in [0.15, 0.2) is 132 Å². The molecule has 0 amide bonds. The van der Waals surface area contributed by atoms with Gasteiger partial charge in [-0.1, -0.05) is 0 Å². The second-order valence-corrected chi connectivity index (χ2v) is 28.0. The predicted octanol–water partition coefficient (Wildman–Crippen LogP) is 8.54. The van der Waals surface area contributed by atoms with Gasteiger partial charge in [0.2, 0.25) is 0 Å². The Balaban J connectivity index is 0.00000200. The molecule has 0 nitrogen and oxygen atoms in total. The molecule has 266 valence electrons. The molecule has 0 spiro atoms. The first kappa shape index (κ1) is 36.7. The number of rotatable bonds is 6. The molecule has 1 saturated heterocycles. The third kappa shape index (κ3) is 5.46. The molecule has 6 aromatic rings. The number of allylic oxidation sites excluding steroid dienone is 2. The number of hydrogen-bond donors (Lipinski definition) is 0. The van der Waals surface area contributed by atoms with Gasteiger partial charge in [-0.25, -0.2) is 0 Å². The van der Waals surface area contributed by atoms with E-state index in [1.165, 1.54) is 80.6 Å². The molecule has 1 heterocycles. The SMILES string of the molecule is CC(C)C1=Cc2c(-c3cccc4ccccc34)cccc2[CH]1[Zr+2]1([CH]2C(C(C)C)=Cc3c(-c4cccc5ccccc45)cccc32)[CH]2CCCC[CH]21.[Cl-].[Cl-]. The monoisotopic (exact) mass is 808 g/mol. The maximum atomic E-state index is 2.71. The summed E-state index contributed by atoms with van der Waals surface area (Å²) in [6.07, 6.45) is 11.2. The van der Waals surface area contributed by atoms with Crippen LogP contribution in [-0.4, -0.2) is 0 Å². The van der Waals surface area contributed by atoms with Crippen LogP contribution in [0.25, 0.3) is 56.0 Å². The molecule has 4 aliphatic rings. The molecule has 1 aliphatic heterocycles. The van der Waals surface area contributed by atoms with Crippen molar-refractivity contribution < 1.29 is 45.1 Å². The molecule has 4 unspecified atom stereocenters. The topological polar surface area (TPSA) is 0 Å². The molecule has 6 aromatic carbocycles. The largest absolute Gasteiger partial charge is 1.00 e. The fourth-order valence-corrected chi connectivity index (χ4v) is 35.4. The van der Waals surface area contributed by atoms with Crippen molar-refractivity contribution in [1.82, 2.24) is 0 Å². The van der Waals surface area contributed by atoms with Gasteiger partial charge in [-0.05, 0) is 0 Å². The third-order valence-electron chi connectivity index (χ3n) is 13.6. The van der Waals surface area contributed by atoms with E-state index >= 15 is 0 Å². The summed E-state index contributed by atoms with van der Waals surface area (Å²) in [7, 11) is 0. The van der Waals surface area contributed by atoms with Gasteiger partial charge >= 0.3 is 311 Å². The first-order valence-corrected chi connectivity index (χ1v) is 25.3. The minimum Gasteiger partial charge on any atom is -1.00 e. The molecular weight excluding hydrogens is 763 g/mol. The van der Waals surface area contributed by atoms with E-state index in [9.17, 15) is 0 Å². The Morgan fingerprint density at radius 2 is 0.830 bits per heavy atom. The maximum absolute atomic E-state index is 3.17. The van der Waals surface area contributed by atoms with E-state index in [1.54, 1.807) is 22.3 Å². The van der Waals surface area contributed by atoms with Gasteiger partial charge < -0.3 is 24.8 Å². The first-order chi connectivity index (χ1) is 25.0. The van der Waals surface area contributed by atoms with Gasteiger partial charge in [0, 0.05) is 0 Å². The van der Waals surface area contributed by atoms with Gasteiger partial charge in [0.1, 0.15) is 0 Å². The van der Waals surface area contributed by atoms with Crippen LogP contribution in [0.1, 0.15) is 82.9 Å². The summed E-state index contributed by atoms with van der Waals surface area (Å²) in [5.74, 6) is 1.07. The maximum Gasteiger partial charge on any atom is -1.00 e. The van der Waals surface area contributed by atoms with E-state index in [0.717, 1.165) is 7.25 Å². The molecule has 0 N–H and O–H groups in total. The molecule has 3 heteroatoms. The zero-order valence-electron chi connectivity index (χ0n) is 31.3. The summed E-state index contributed by atoms with van der Waals surface area (Å²) >= 11 is -3.17. The summed E-state index contributed by atoms with van der Waals surface area (Å²) in [5, 5.41) is 5.39. The molecule has 1 saturated carbocycles. The molecule has 0 radical (unpaired) electrons.